The minimum atomic E-state index is -0.0791. The molecule has 0 aromatic heterocycles. The second-order valence-electron chi connectivity index (χ2n) is 11.5. The smallest absolute Gasteiger partial charge is 0.158 e. The standard InChI is InChI=1S/C39H49NO3/c1-3-5-7-9-11-13-29-41-36-25-19-33(20-26-36)16-15-32-17-21-35(22-18-32)39-31-38(40-43-39)34-23-27-37(28-24-34)42-30-14-12-10-8-6-4-2/h17-28,39H,3-14,29-31H2,1-2H3. The number of hydrogen-bond acceptors (Lipinski definition) is 4. The third-order valence-corrected chi connectivity index (χ3v) is 7.88. The molecular weight excluding hydrogens is 530 g/mol. The van der Waals surface area contributed by atoms with E-state index < -0.39 is 0 Å². The molecule has 1 aliphatic rings. The molecule has 0 bridgehead atoms. The van der Waals surface area contributed by atoms with E-state index in [0.29, 0.717) is 0 Å². The molecule has 1 atom stereocenters. The lowest BCUT2D eigenvalue weighted by Crippen LogP contribution is -2.02. The maximum absolute atomic E-state index is 5.93. The Morgan fingerprint density at radius 3 is 1.60 bits per heavy atom. The average molecular weight is 580 g/mol. The summed E-state index contributed by atoms with van der Waals surface area (Å²) in [5, 5.41) is 4.39. The number of ether oxygens (including phenoxy) is 2. The van der Waals surface area contributed by atoms with Gasteiger partial charge in [-0.05, 0) is 84.6 Å². The summed E-state index contributed by atoms with van der Waals surface area (Å²) in [6, 6.07) is 24.6. The summed E-state index contributed by atoms with van der Waals surface area (Å²) in [6.07, 6.45) is 15.9. The first-order valence-corrected chi connectivity index (χ1v) is 16.6. The van der Waals surface area contributed by atoms with Gasteiger partial charge >= 0.3 is 0 Å². The van der Waals surface area contributed by atoms with Crippen LogP contribution >= 0.6 is 0 Å². The molecule has 1 unspecified atom stereocenters. The van der Waals surface area contributed by atoms with E-state index in [9.17, 15) is 0 Å². The van der Waals surface area contributed by atoms with Gasteiger partial charge in [0.15, 0.2) is 6.10 Å². The highest BCUT2D eigenvalue weighted by Gasteiger charge is 2.23. The van der Waals surface area contributed by atoms with E-state index in [2.05, 4.69) is 67.2 Å². The lowest BCUT2D eigenvalue weighted by Gasteiger charge is -2.09. The van der Waals surface area contributed by atoms with Crippen LogP contribution in [0.25, 0.3) is 0 Å². The minimum Gasteiger partial charge on any atom is -0.494 e. The fourth-order valence-corrected chi connectivity index (χ4v) is 5.17. The first-order valence-electron chi connectivity index (χ1n) is 16.6. The van der Waals surface area contributed by atoms with Crippen LogP contribution < -0.4 is 9.47 Å². The van der Waals surface area contributed by atoms with Gasteiger partial charge in [0.1, 0.15) is 11.5 Å². The van der Waals surface area contributed by atoms with Gasteiger partial charge in [0, 0.05) is 17.5 Å². The van der Waals surface area contributed by atoms with Crippen LogP contribution in [0.5, 0.6) is 11.5 Å². The van der Waals surface area contributed by atoms with E-state index in [-0.39, 0.29) is 6.10 Å². The fourth-order valence-electron chi connectivity index (χ4n) is 5.17. The molecule has 0 amide bonds. The quantitative estimate of drug-likeness (QED) is 0.111. The molecule has 0 saturated carbocycles. The maximum Gasteiger partial charge on any atom is 0.158 e. The highest BCUT2D eigenvalue weighted by atomic mass is 16.6. The van der Waals surface area contributed by atoms with Crippen molar-refractivity contribution < 1.29 is 14.3 Å². The summed E-state index contributed by atoms with van der Waals surface area (Å²) in [6.45, 7) is 6.05. The van der Waals surface area contributed by atoms with Gasteiger partial charge in [-0.2, -0.15) is 0 Å². The normalized spacial score (nSPS) is 14.0. The summed E-state index contributed by atoms with van der Waals surface area (Å²) < 4.78 is 11.8. The SMILES string of the molecule is CCCCCCCCOc1ccc(C#Cc2ccc(C3CC(c4ccc(OCCCCCCCC)cc4)=NO3)cc2)cc1. The Morgan fingerprint density at radius 1 is 0.605 bits per heavy atom. The summed E-state index contributed by atoms with van der Waals surface area (Å²) in [4.78, 5) is 5.80. The van der Waals surface area contributed by atoms with E-state index in [0.717, 1.165) is 71.9 Å². The number of oxime groups is 1. The van der Waals surface area contributed by atoms with Crippen molar-refractivity contribution in [2.75, 3.05) is 13.2 Å². The third-order valence-electron chi connectivity index (χ3n) is 7.88. The largest absolute Gasteiger partial charge is 0.494 e. The second-order valence-corrected chi connectivity index (χ2v) is 11.5. The molecule has 0 fully saturated rings. The Morgan fingerprint density at radius 2 is 1.07 bits per heavy atom. The zero-order valence-corrected chi connectivity index (χ0v) is 26.3. The first-order chi connectivity index (χ1) is 21.2. The van der Waals surface area contributed by atoms with E-state index in [1.54, 1.807) is 0 Å². The molecule has 228 valence electrons. The zero-order valence-electron chi connectivity index (χ0n) is 26.3. The van der Waals surface area contributed by atoms with Crippen molar-refractivity contribution in [2.45, 2.75) is 103 Å². The number of benzene rings is 3. The molecule has 0 radical (unpaired) electrons. The summed E-state index contributed by atoms with van der Waals surface area (Å²) >= 11 is 0. The maximum atomic E-state index is 5.93. The zero-order chi connectivity index (χ0) is 30.0. The van der Waals surface area contributed by atoms with E-state index >= 15 is 0 Å². The molecule has 0 N–H and O–H groups in total. The van der Waals surface area contributed by atoms with Crippen LogP contribution in [-0.2, 0) is 4.84 Å². The lowest BCUT2D eigenvalue weighted by molar-refractivity contribution is 0.0857. The molecule has 1 heterocycles. The molecule has 0 spiro atoms. The van der Waals surface area contributed by atoms with Gasteiger partial charge in [0.25, 0.3) is 0 Å². The van der Waals surface area contributed by atoms with Crippen molar-refractivity contribution in [3.8, 4) is 23.3 Å². The van der Waals surface area contributed by atoms with Crippen molar-refractivity contribution >= 4 is 5.71 Å². The van der Waals surface area contributed by atoms with Gasteiger partial charge in [-0.25, -0.2) is 0 Å². The van der Waals surface area contributed by atoms with E-state index in [1.165, 1.54) is 64.2 Å². The topological polar surface area (TPSA) is 40.0 Å². The predicted molar refractivity (Wildman–Crippen MR) is 178 cm³/mol. The monoisotopic (exact) mass is 579 g/mol. The first kappa shape index (κ1) is 32.2. The van der Waals surface area contributed by atoms with Gasteiger partial charge in [-0.1, -0.05) is 107 Å². The van der Waals surface area contributed by atoms with Crippen LogP contribution in [0.15, 0.2) is 78.0 Å². The number of hydrogen-bond donors (Lipinski definition) is 0. The molecule has 0 saturated heterocycles. The van der Waals surface area contributed by atoms with Crippen molar-refractivity contribution in [1.29, 1.82) is 0 Å². The predicted octanol–water partition coefficient (Wildman–Crippen LogP) is 10.4. The summed E-state index contributed by atoms with van der Waals surface area (Å²) in [5.41, 5.74) is 5.11. The van der Waals surface area contributed by atoms with Crippen molar-refractivity contribution in [1.82, 2.24) is 0 Å². The van der Waals surface area contributed by atoms with Gasteiger partial charge in [0.05, 0.1) is 18.9 Å². The Labute approximate surface area is 259 Å². The molecule has 1 aliphatic heterocycles. The minimum absolute atomic E-state index is 0.0791. The molecule has 43 heavy (non-hydrogen) atoms. The molecule has 4 rings (SSSR count). The number of unbranched alkanes of at least 4 members (excludes halogenated alkanes) is 10. The fraction of sp³-hybridized carbons (Fsp3) is 0.462. The van der Waals surface area contributed by atoms with Crippen LogP contribution in [0.4, 0.5) is 0 Å². The van der Waals surface area contributed by atoms with Crippen molar-refractivity contribution in [3.63, 3.8) is 0 Å². The number of nitrogens with zero attached hydrogens (tertiary/aromatic N) is 1. The Bertz CT molecular complexity index is 1280. The molecule has 0 aliphatic carbocycles. The molecule has 3 aromatic rings. The summed E-state index contributed by atoms with van der Waals surface area (Å²) in [7, 11) is 0. The van der Waals surface area contributed by atoms with E-state index in [4.69, 9.17) is 14.3 Å². The Balaban J connectivity index is 1.17. The molecule has 3 aromatic carbocycles. The highest BCUT2D eigenvalue weighted by molar-refractivity contribution is 6.01. The van der Waals surface area contributed by atoms with Gasteiger partial charge in [-0.3, -0.25) is 0 Å². The van der Waals surface area contributed by atoms with Crippen LogP contribution in [0, 0.1) is 11.8 Å². The van der Waals surface area contributed by atoms with Crippen LogP contribution in [-0.4, -0.2) is 18.9 Å². The molecule has 4 nitrogen and oxygen atoms in total. The lowest BCUT2D eigenvalue weighted by atomic mass is 9.99. The van der Waals surface area contributed by atoms with E-state index in [1.807, 2.05) is 36.4 Å². The van der Waals surface area contributed by atoms with Crippen LogP contribution in [0.2, 0.25) is 0 Å². The van der Waals surface area contributed by atoms with Gasteiger partial charge < -0.3 is 14.3 Å². The molecular formula is C39H49NO3. The van der Waals surface area contributed by atoms with Gasteiger partial charge in [-0.15, -0.1) is 0 Å². The van der Waals surface area contributed by atoms with Crippen molar-refractivity contribution in [2.24, 2.45) is 5.16 Å². The highest BCUT2D eigenvalue weighted by Crippen LogP contribution is 2.30. The molecule has 4 heteroatoms. The van der Waals surface area contributed by atoms with Crippen LogP contribution in [0.3, 0.4) is 0 Å². The second kappa shape index (κ2) is 18.7. The Hall–Kier alpha value is -3.71. The van der Waals surface area contributed by atoms with Crippen LogP contribution in [0.1, 0.15) is 126 Å². The Kier molecular flexibility index (Phi) is 14.0. The third kappa shape index (κ3) is 11.5. The average Bonchev–Trinajstić information content (AvgIpc) is 3.54. The van der Waals surface area contributed by atoms with Crippen molar-refractivity contribution in [3.05, 3.63) is 95.1 Å². The number of rotatable bonds is 18. The summed E-state index contributed by atoms with van der Waals surface area (Å²) in [5.74, 6) is 8.36. The van der Waals surface area contributed by atoms with Gasteiger partial charge in [0.2, 0.25) is 0 Å².